The Hall–Kier alpha value is -2.82. The lowest BCUT2D eigenvalue weighted by Crippen LogP contribution is -2.08. The van der Waals surface area contributed by atoms with E-state index in [9.17, 15) is 13.2 Å². The quantitative estimate of drug-likeness (QED) is 0.399. The van der Waals surface area contributed by atoms with Crippen molar-refractivity contribution in [3.8, 4) is 11.3 Å². The predicted octanol–water partition coefficient (Wildman–Crippen LogP) is 6.76. The summed E-state index contributed by atoms with van der Waals surface area (Å²) in [5.74, 6) is 0.825. The van der Waals surface area contributed by atoms with Crippen LogP contribution in [0.3, 0.4) is 0 Å². The van der Waals surface area contributed by atoms with E-state index in [1.54, 1.807) is 12.3 Å². The van der Waals surface area contributed by atoms with E-state index in [-0.39, 0.29) is 6.42 Å². The first-order valence-corrected chi connectivity index (χ1v) is 8.76. The summed E-state index contributed by atoms with van der Waals surface area (Å²) in [5.41, 5.74) is 4.21. The Bertz CT molecular complexity index is 1140. The molecular weight excluding hydrogens is 351 g/mol. The van der Waals surface area contributed by atoms with E-state index in [4.69, 9.17) is 4.42 Å². The van der Waals surface area contributed by atoms with Crippen LogP contribution in [0, 0.1) is 13.8 Å². The first kappa shape index (κ1) is 17.6. The molecule has 0 bridgehead atoms. The number of aromatic nitrogens is 1. The monoisotopic (exact) mass is 369 g/mol. The molecule has 0 unspecified atom stereocenters. The molecule has 2 aromatic carbocycles. The summed E-state index contributed by atoms with van der Waals surface area (Å²) >= 11 is 0. The van der Waals surface area contributed by atoms with Crippen LogP contribution in [-0.2, 0) is 6.42 Å². The van der Waals surface area contributed by atoms with Crippen molar-refractivity contribution in [3.63, 3.8) is 0 Å². The lowest BCUT2D eigenvalue weighted by atomic mass is 9.98. The molecule has 0 saturated carbocycles. The normalized spacial score (nSPS) is 12.2. The van der Waals surface area contributed by atoms with E-state index < -0.39 is 12.6 Å². The fourth-order valence-electron chi connectivity index (χ4n) is 3.49. The highest BCUT2D eigenvalue weighted by molar-refractivity contribution is 6.02. The highest BCUT2D eigenvalue weighted by atomic mass is 19.4. The van der Waals surface area contributed by atoms with Crippen molar-refractivity contribution in [2.75, 3.05) is 0 Å². The minimum atomic E-state index is -4.15. The van der Waals surface area contributed by atoms with Crippen LogP contribution < -0.4 is 0 Å². The third-order valence-corrected chi connectivity index (χ3v) is 4.66. The number of hydrogen-bond acceptors (Lipinski definition) is 2. The molecule has 27 heavy (non-hydrogen) atoms. The molecule has 2 nitrogen and oxygen atoms in total. The molecule has 0 N–H and O–H groups in total. The molecule has 0 aliphatic carbocycles. The second kappa shape index (κ2) is 6.41. The van der Waals surface area contributed by atoms with Crippen LogP contribution in [0.15, 0.2) is 53.1 Å². The standard InChI is InChI=1S/C22H18F3NO/c1-13-9-17-11-14(2)27-21(17)19(10-13)20-18-4-3-15(5-7-22(23,24)25)12-16(18)6-8-26-20/h3-4,6,8-12H,5,7H2,1-2H3. The van der Waals surface area contributed by atoms with Crippen LogP contribution in [-0.4, -0.2) is 11.2 Å². The van der Waals surface area contributed by atoms with Gasteiger partial charge in [-0.3, -0.25) is 4.98 Å². The Morgan fingerprint density at radius 2 is 1.78 bits per heavy atom. The van der Waals surface area contributed by atoms with E-state index in [1.165, 1.54) is 0 Å². The fourth-order valence-corrected chi connectivity index (χ4v) is 3.49. The van der Waals surface area contributed by atoms with Crippen LogP contribution >= 0.6 is 0 Å². The van der Waals surface area contributed by atoms with E-state index >= 15 is 0 Å². The molecule has 4 rings (SSSR count). The molecule has 138 valence electrons. The fraction of sp³-hybridized carbons (Fsp3) is 0.227. The van der Waals surface area contributed by atoms with E-state index in [0.29, 0.717) is 5.56 Å². The third kappa shape index (κ3) is 3.54. The smallest absolute Gasteiger partial charge is 0.389 e. The summed E-state index contributed by atoms with van der Waals surface area (Å²) in [6, 6.07) is 13.3. The van der Waals surface area contributed by atoms with Crippen LogP contribution in [0.4, 0.5) is 13.2 Å². The van der Waals surface area contributed by atoms with Crippen LogP contribution in [0.1, 0.15) is 23.3 Å². The van der Waals surface area contributed by atoms with Crippen molar-refractivity contribution < 1.29 is 17.6 Å². The number of hydrogen-bond donors (Lipinski definition) is 0. The van der Waals surface area contributed by atoms with Gasteiger partial charge in [0.2, 0.25) is 0 Å². The number of fused-ring (bicyclic) bond motifs is 2. The Labute approximate surface area is 154 Å². The summed E-state index contributed by atoms with van der Waals surface area (Å²) in [6.07, 6.45) is -3.30. The highest BCUT2D eigenvalue weighted by Gasteiger charge is 2.26. The van der Waals surface area contributed by atoms with E-state index in [0.717, 1.165) is 44.3 Å². The van der Waals surface area contributed by atoms with Gasteiger partial charge in [-0.25, -0.2) is 0 Å². The average molecular weight is 369 g/mol. The molecule has 0 spiro atoms. The molecule has 5 heteroatoms. The Morgan fingerprint density at radius 3 is 2.56 bits per heavy atom. The Kier molecular flexibility index (Phi) is 4.17. The third-order valence-electron chi connectivity index (χ3n) is 4.66. The van der Waals surface area contributed by atoms with Gasteiger partial charge in [0.1, 0.15) is 11.3 Å². The second-order valence-electron chi connectivity index (χ2n) is 6.92. The van der Waals surface area contributed by atoms with Gasteiger partial charge in [-0.1, -0.05) is 18.2 Å². The summed E-state index contributed by atoms with van der Waals surface area (Å²) in [4.78, 5) is 4.55. The van der Waals surface area contributed by atoms with Crippen molar-refractivity contribution in [2.45, 2.75) is 32.9 Å². The van der Waals surface area contributed by atoms with Crippen molar-refractivity contribution in [1.82, 2.24) is 4.98 Å². The number of aryl methyl sites for hydroxylation is 3. The SMILES string of the molecule is Cc1cc(-c2nccc3cc(CCC(F)(F)F)ccc23)c2oc(C)cc2c1. The first-order chi connectivity index (χ1) is 12.8. The summed E-state index contributed by atoms with van der Waals surface area (Å²) in [6.45, 7) is 3.92. The molecule has 0 aliphatic heterocycles. The molecule has 0 saturated heterocycles. The Balaban J connectivity index is 1.84. The maximum atomic E-state index is 12.5. The van der Waals surface area contributed by atoms with Crippen molar-refractivity contribution in [3.05, 3.63) is 65.5 Å². The lowest BCUT2D eigenvalue weighted by molar-refractivity contribution is -0.133. The lowest BCUT2D eigenvalue weighted by Gasteiger charge is -2.10. The zero-order valence-corrected chi connectivity index (χ0v) is 15.0. The summed E-state index contributed by atoms with van der Waals surface area (Å²) < 4.78 is 43.4. The van der Waals surface area contributed by atoms with Gasteiger partial charge in [0.15, 0.2) is 0 Å². The van der Waals surface area contributed by atoms with Crippen LogP contribution in [0.25, 0.3) is 33.0 Å². The molecule has 0 amide bonds. The zero-order chi connectivity index (χ0) is 19.2. The van der Waals surface area contributed by atoms with Gasteiger partial charge in [-0.2, -0.15) is 13.2 Å². The van der Waals surface area contributed by atoms with Gasteiger partial charge in [-0.05, 0) is 61.0 Å². The van der Waals surface area contributed by atoms with Crippen LogP contribution in [0.2, 0.25) is 0 Å². The minimum absolute atomic E-state index is 0.0246. The number of benzene rings is 2. The second-order valence-corrected chi connectivity index (χ2v) is 6.92. The topological polar surface area (TPSA) is 26.0 Å². The van der Waals surface area contributed by atoms with Gasteiger partial charge < -0.3 is 4.42 Å². The molecule has 2 heterocycles. The van der Waals surface area contributed by atoms with E-state index in [2.05, 4.69) is 11.1 Å². The number of alkyl halides is 3. The maximum absolute atomic E-state index is 12.5. The largest absolute Gasteiger partial charge is 0.461 e. The van der Waals surface area contributed by atoms with Gasteiger partial charge in [0.25, 0.3) is 0 Å². The van der Waals surface area contributed by atoms with Gasteiger partial charge >= 0.3 is 6.18 Å². The number of pyridine rings is 1. The average Bonchev–Trinajstić information content (AvgIpc) is 2.98. The molecule has 0 fully saturated rings. The first-order valence-electron chi connectivity index (χ1n) is 8.76. The van der Waals surface area contributed by atoms with Crippen molar-refractivity contribution >= 4 is 21.7 Å². The van der Waals surface area contributed by atoms with Gasteiger partial charge in [-0.15, -0.1) is 0 Å². The molecule has 0 aliphatic rings. The summed E-state index contributed by atoms with van der Waals surface area (Å²) in [5, 5.41) is 2.79. The van der Waals surface area contributed by atoms with Gasteiger partial charge in [0, 0.05) is 29.0 Å². The van der Waals surface area contributed by atoms with Gasteiger partial charge in [0.05, 0.1) is 5.69 Å². The maximum Gasteiger partial charge on any atom is 0.389 e. The zero-order valence-electron chi connectivity index (χ0n) is 15.0. The summed E-state index contributed by atoms with van der Waals surface area (Å²) in [7, 11) is 0. The minimum Gasteiger partial charge on any atom is -0.461 e. The van der Waals surface area contributed by atoms with E-state index in [1.807, 2.05) is 44.2 Å². The predicted molar refractivity (Wildman–Crippen MR) is 101 cm³/mol. The Morgan fingerprint density at radius 1 is 0.963 bits per heavy atom. The molecule has 0 atom stereocenters. The van der Waals surface area contributed by atoms with Crippen molar-refractivity contribution in [1.29, 1.82) is 0 Å². The number of halogens is 3. The number of rotatable bonds is 3. The molecule has 0 radical (unpaired) electrons. The van der Waals surface area contributed by atoms with Crippen molar-refractivity contribution in [2.24, 2.45) is 0 Å². The molecule has 2 aromatic heterocycles. The highest BCUT2D eigenvalue weighted by Crippen LogP contribution is 2.35. The number of furan rings is 1. The molecule has 4 aromatic rings. The number of nitrogens with zero attached hydrogens (tertiary/aromatic N) is 1. The van der Waals surface area contributed by atoms with Crippen LogP contribution in [0.5, 0.6) is 0 Å². The molecular formula is C22H18F3NO.